The fourth-order valence-corrected chi connectivity index (χ4v) is 2.93. The van der Waals surface area contributed by atoms with Crippen molar-refractivity contribution in [3.05, 3.63) is 35.6 Å². The van der Waals surface area contributed by atoms with Gasteiger partial charge in [-0.1, -0.05) is 25.5 Å². The van der Waals surface area contributed by atoms with Crippen LogP contribution in [0.15, 0.2) is 24.3 Å². The second-order valence-electron chi connectivity index (χ2n) is 5.70. The van der Waals surface area contributed by atoms with Crippen molar-refractivity contribution < 1.29 is 9.18 Å². The maximum Gasteiger partial charge on any atom is 0.228 e. The highest BCUT2D eigenvalue weighted by molar-refractivity contribution is 5.83. The van der Waals surface area contributed by atoms with Gasteiger partial charge in [0.1, 0.15) is 5.82 Å². The van der Waals surface area contributed by atoms with Crippen molar-refractivity contribution in [2.45, 2.75) is 39.2 Å². The van der Waals surface area contributed by atoms with Crippen molar-refractivity contribution >= 4 is 5.91 Å². The minimum atomic E-state index is -0.275. The number of benzene rings is 1. The second-order valence-corrected chi connectivity index (χ2v) is 5.70. The summed E-state index contributed by atoms with van der Waals surface area (Å²) in [5, 5.41) is 6.37. The first-order valence-corrected chi connectivity index (χ1v) is 7.34. The molecule has 0 spiro atoms. The van der Waals surface area contributed by atoms with Crippen LogP contribution in [0.1, 0.15) is 44.7 Å². The Morgan fingerprint density at radius 1 is 1.45 bits per heavy atom. The van der Waals surface area contributed by atoms with Crippen LogP contribution in [-0.2, 0) is 4.79 Å². The lowest BCUT2D eigenvalue weighted by Gasteiger charge is -2.28. The van der Waals surface area contributed by atoms with Gasteiger partial charge in [0.2, 0.25) is 5.91 Å². The van der Waals surface area contributed by atoms with Crippen LogP contribution in [0.2, 0.25) is 0 Å². The van der Waals surface area contributed by atoms with E-state index in [1.807, 2.05) is 6.92 Å². The zero-order chi connectivity index (χ0) is 14.6. The van der Waals surface area contributed by atoms with E-state index in [1.54, 1.807) is 12.1 Å². The molecule has 20 heavy (non-hydrogen) atoms. The summed E-state index contributed by atoms with van der Waals surface area (Å²) in [5.41, 5.74) is 0.653. The molecule has 2 atom stereocenters. The minimum absolute atomic E-state index is 0.0996. The van der Waals surface area contributed by atoms with E-state index < -0.39 is 0 Å². The normalized spacial score (nSPS) is 23.6. The molecule has 1 aliphatic rings. The van der Waals surface area contributed by atoms with E-state index in [4.69, 9.17) is 0 Å². The molecule has 3 nitrogen and oxygen atoms in total. The summed E-state index contributed by atoms with van der Waals surface area (Å²) in [4.78, 5) is 12.6. The van der Waals surface area contributed by atoms with Gasteiger partial charge in [0.25, 0.3) is 0 Å². The van der Waals surface area contributed by atoms with Crippen molar-refractivity contribution in [2.24, 2.45) is 5.41 Å². The fraction of sp³-hybridized carbons (Fsp3) is 0.562. The average Bonchev–Trinajstić information content (AvgIpc) is 2.89. The molecular weight excluding hydrogens is 255 g/mol. The zero-order valence-corrected chi connectivity index (χ0v) is 12.2. The lowest BCUT2D eigenvalue weighted by Crippen LogP contribution is -2.43. The third-order valence-corrected chi connectivity index (χ3v) is 4.17. The molecule has 0 aromatic heterocycles. The van der Waals surface area contributed by atoms with Gasteiger partial charge < -0.3 is 10.6 Å². The van der Waals surface area contributed by atoms with Crippen LogP contribution in [-0.4, -0.2) is 19.0 Å². The molecule has 1 amide bonds. The van der Waals surface area contributed by atoms with E-state index >= 15 is 0 Å². The lowest BCUT2D eigenvalue weighted by molar-refractivity contribution is -0.131. The number of nitrogens with one attached hydrogen (secondary N) is 2. The van der Waals surface area contributed by atoms with E-state index in [2.05, 4.69) is 17.6 Å². The number of halogens is 1. The fourth-order valence-electron chi connectivity index (χ4n) is 2.93. The summed E-state index contributed by atoms with van der Waals surface area (Å²) in [5.74, 6) is -0.143. The molecular formula is C16H23FN2O. The number of carbonyl (C=O) groups excluding carboxylic acids is 1. The van der Waals surface area contributed by atoms with Crippen LogP contribution in [0.5, 0.6) is 0 Å². The molecule has 1 aromatic rings. The molecule has 1 saturated heterocycles. The second kappa shape index (κ2) is 6.35. The third-order valence-electron chi connectivity index (χ3n) is 4.17. The summed E-state index contributed by atoms with van der Waals surface area (Å²) in [6.45, 7) is 5.70. The first kappa shape index (κ1) is 15.0. The lowest BCUT2D eigenvalue weighted by atomic mass is 9.81. The molecule has 1 unspecified atom stereocenters. The van der Waals surface area contributed by atoms with E-state index in [9.17, 15) is 9.18 Å². The monoisotopic (exact) mass is 278 g/mol. The highest BCUT2D eigenvalue weighted by atomic mass is 19.1. The quantitative estimate of drug-likeness (QED) is 0.869. The van der Waals surface area contributed by atoms with E-state index in [0.29, 0.717) is 0 Å². The Hall–Kier alpha value is -1.42. The Bertz CT molecular complexity index is 452. The molecule has 0 aliphatic carbocycles. The first-order chi connectivity index (χ1) is 9.57. The molecule has 2 rings (SSSR count). The molecule has 2 N–H and O–H groups in total. The van der Waals surface area contributed by atoms with Crippen molar-refractivity contribution in [3.8, 4) is 0 Å². The van der Waals surface area contributed by atoms with Gasteiger partial charge in [-0.15, -0.1) is 0 Å². The number of carbonyl (C=O) groups is 1. The van der Waals surface area contributed by atoms with Gasteiger partial charge in [0.05, 0.1) is 11.5 Å². The molecule has 1 fully saturated rings. The molecule has 0 bridgehead atoms. The summed E-state index contributed by atoms with van der Waals surface area (Å²) in [6, 6.07) is 6.20. The van der Waals surface area contributed by atoms with Crippen molar-refractivity contribution in [1.29, 1.82) is 0 Å². The van der Waals surface area contributed by atoms with Crippen molar-refractivity contribution in [3.63, 3.8) is 0 Å². The largest absolute Gasteiger partial charge is 0.349 e. The molecule has 1 aromatic carbocycles. The van der Waals surface area contributed by atoms with Crippen LogP contribution >= 0.6 is 0 Å². The SMILES string of the molecule is CCCC1(C(=O)N[C@@H](C)c2ccc(F)cc2)CCNC1. The maximum absolute atomic E-state index is 12.9. The van der Waals surface area contributed by atoms with Gasteiger partial charge in [0, 0.05) is 6.54 Å². The van der Waals surface area contributed by atoms with Crippen LogP contribution in [0.3, 0.4) is 0 Å². The maximum atomic E-state index is 12.9. The topological polar surface area (TPSA) is 41.1 Å². The highest BCUT2D eigenvalue weighted by Gasteiger charge is 2.40. The zero-order valence-electron chi connectivity index (χ0n) is 12.2. The number of hydrogen-bond acceptors (Lipinski definition) is 2. The number of hydrogen-bond donors (Lipinski definition) is 2. The van der Waals surface area contributed by atoms with Crippen LogP contribution < -0.4 is 10.6 Å². The Morgan fingerprint density at radius 3 is 2.70 bits per heavy atom. The minimum Gasteiger partial charge on any atom is -0.349 e. The Morgan fingerprint density at radius 2 is 2.15 bits per heavy atom. The summed E-state index contributed by atoms with van der Waals surface area (Å²) < 4.78 is 12.9. The molecule has 110 valence electrons. The smallest absolute Gasteiger partial charge is 0.228 e. The molecule has 1 aliphatic heterocycles. The van der Waals surface area contributed by atoms with Crippen molar-refractivity contribution in [1.82, 2.24) is 10.6 Å². The van der Waals surface area contributed by atoms with Gasteiger partial charge in [-0.05, 0) is 44.0 Å². The van der Waals surface area contributed by atoms with Gasteiger partial charge in [-0.25, -0.2) is 4.39 Å². The van der Waals surface area contributed by atoms with Gasteiger partial charge in [0.15, 0.2) is 0 Å². The van der Waals surface area contributed by atoms with E-state index in [-0.39, 0.29) is 23.2 Å². The number of rotatable bonds is 5. The van der Waals surface area contributed by atoms with Crippen molar-refractivity contribution in [2.75, 3.05) is 13.1 Å². The van der Waals surface area contributed by atoms with E-state index in [0.717, 1.165) is 37.9 Å². The van der Waals surface area contributed by atoms with Gasteiger partial charge in [-0.2, -0.15) is 0 Å². The molecule has 0 saturated carbocycles. The summed E-state index contributed by atoms with van der Waals surface area (Å²) in [6.07, 6.45) is 2.80. The standard InChI is InChI=1S/C16H23FN2O/c1-3-8-16(9-10-18-11-16)15(20)19-12(2)13-4-6-14(17)7-5-13/h4-7,12,18H,3,8-11H2,1-2H3,(H,19,20)/t12-,16?/m0/s1. The summed E-state index contributed by atoms with van der Waals surface area (Å²) >= 11 is 0. The predicted octanol–water partition coefficient (Wildman–Crippen LogP) is 2.78. The summed E-state index contributed by atoms with van der Waals surface area (Å²) in [7, 11) is 0. The first-order valence-electron chi connectivity index (χ1n) is 7.34. The Kier molecular flexibility index (Phi) is 4.76. The van der Waals surface area contributed by atoms with Gasteiger partial charge in [-0.3, -0.25) is 4.79 Å². The molecule has 1 heterocycles. The third kappa shape index (κ3) is 3.18. The van der Waals surface area contributed by atoms with Crippen LogP contribution in [0.4, 0.5) is 4.39 Å². The Balaban J connectivity index is 2.04. The van der Waals surface area contributed by atoms with Crippen LogP contribution in [0, 0.1) is 11.2 Å². The van der Waals surface area contributed by atoms with Gasteiger partial charge >= 0.3 is 0 Å². The van der Waals surface area contributed by atoms with Crippen LogP contribution in [0.25, 0.3) is 0 Å². The average molecular weight is 278 g/mol. The molecule has 0 radical (unpaired) electrons. The van der Waals surface area contributed by atoms with E-state index in [1.165, 1.54) is 12.1 Å². The number of amides is 1. The Labute approximate surface area is 120 Å². The molecule has 4 heteroatoms. The highest BCUT2D eigenvalue weighted by Crippen LogP contribution is 2.32. The predicted molar refractivity (Wildman–Crippen MR) is 77.8 cm³/mol.